The fourth-order valence-electron chi connectivity index (χ4n) is 3.35. The summed E-state index contributed by atoms with van der Waals surface area (Å²) in [7, 11) is 0. The maximum atomic E-state index is 14.2. The molecule has 5 heteroatoms. The van der Waals surface area contributed by atoms with Crippen LogP contribution in [0.1, 0.15) is 28.7 Å². The van der Waals surface area contributed by atoms with E-state index in [4.69, 9.17) is 4.74 Å². The van der Waals surface area contributed by atoms with Gasteiger partial charge in [0.1, 0.15) is 5.82 Å². The highest BCUT2D eigenvalue weighted by Gasteiger charge is 2.36. The predicted molar refractivity (Wildman–Crippen MR) is 100 cm³/mol. The van der Waals surface area contributed by atoms with Crippen molar-refractivity contribution in [2.24, 2.45) is 0 Å². The first kappa shape index (κ1) is 19.2. The molecule has 1 aliphatic rings. The van der Waals surface area contributed by atoms with Gasteiger partial charge in [0.25, 0.3) is 0 Å². The molecule has 3 unspecified atom stereocenters. The molecule has 0 bridgehead atoms. The Hall–Kier alpha value is -2.53. The van der Waals surface area contributed by atoms with Gasteiger partial charge in [-0.2, -0.15) is 0 Å². The minimum absolute atomic E-state index is 0.274. The number of carbonyl (C=O) groups is 1. The van der Waals surface area contributed by atoms with E-state index in [2.05, 4.69) is 0 Å². The molecule has 142 valence electrons. The predicted octanol–water partition coefficient (Wildman–Crippen LogP) is 4.45. The summed E-state index contributed by atoms with van der Waals surface area (Å²) in [5.74, 6) is -0.898. The zero-order valence-electron chi connectivity index (χ0n) is 15.5. The van der Waals surface area contributed by atoms with E-state index in [1.54, 1.807) is 25.1 Å². The van der Waals surface area contributed by atoms with Gasteiger partial charge in [-0.3, -0.25) is 4.79 Å². The van der Waals surface area contributed by atoms with Crippen LogP contribution in [0.15, 0.2) is 36.4 Å². The Labute approximate surface area is 157 Å². The zero-order chi connectivity index (χ0) is 19.7. The molecule has 2 aromatic carbocycles. The van der Waals surface area contributed by atoms with E-state index in [1.165, 1.54) is 12.1 Å². The van der Waals surface area contributed by atoms with Crippen LogP contribution in [0.4, 0.5) is 8.78 Å². The van der Waals surface area contributed by atoms with Crippen LogP contribution in [0.25, 0.3) is 17.2 Å². The maximum absolute atomic E-state index is 14.2. The summed E-state index contributed by atoms with van der Waals surface area (Å²) in [6.07, 6.45) is -1.34. The molecule has 1 aliphatic heterocycles. The Morgan fingerprint density at radius 2 is 1.89 bits per heavy atom. The highest BCUT2D eigenvalue weighted by molar-refractivity contribution is 5.78. The van der Waals surface area contributed by atoms with Crippen molar-refractivity contribution in [2.75, 3.05) is 0 Å². The highest BCUT2D eigenvalue weighted by Crippen LogP contribution is 2.31. The van der Waals surface area contributed by atoms with Crippen molar-refractivity contribution < 1.29 is 23.4 Å². The first-order valence-corrected chi connectivity index (χ1v) is 8.84. The Bertz CT molecular complexity index is 905. The number of hydrogen-bond acceptors (Lipinski definition) is 3. The van der Waals surface area contributed by atoms with Crippen LogP contribution in [-0.4, -0.2) is 29.5 Å². The summed E-state index contributed by atoms with van der Waals surface area (Å²) < 4.78 is 32.9. The molecule has 2 aromatic rings. The van der Waals surface area contributed by atoms with E-state index in [0.717, 1.165) is 27.8 Å². The number of ether oxygens (including phenoxy) is 1. The molecule has 27 heavy (non-hydrogen) atoms. The average molecular weight is 372 g/mol. The molecule has 3 atom stereocenters. The molecule has 0 aliphatic carbocycles. The molecule has 3 nitrogen and oxygen atoms in total. The second-order valence-corrected chi connectivity index (χ2v) is 7.04. The molecule has 1 fully saturated rings. The van der Waals surface area contributed by atoms with E-state index >= 15 is 0 Å². The van der Waals surface area contributed by atoms with E-state index in [-0.39, 0.29) is 12.2 Å². The van der Waals surface area contributed by atoms with Crippen LogP contribution in [0.3, 0.4) is 0 Å². The molecule has 0 radical (unpaired) electrons. The minimum Gasteiger partial charge on any atom is -0.455 e. The quantitative estimate of drug-likeness (QED) is 0.810. The molecule has 1 saturated heterocycles. The summed E-state index contributed by atoms with van der Waals surface area (Å²) >= 11 is 0. The molecular weight excluding hydrogens is 350 g/mol. The summed E-state index contributed by atoms with van der Waals surface area (Å²) in [6.45, 7) is 5.60. The zero-order valence-corrected chi connectivity index (χ0v) is 15.5. The van der Waals surface area contributed by atoms with Crippen molar-refractivity contribution >= 4 is 12.0 Å². The second kappa shape index (κ2) is 7.61. The second-order valence-electron chi connectivity index (χ2n) is 7.04. The number of aliphatic hydroxyl groups excluding tert-OH is 1. The summed E-state index contributed by atoms with van der Waals surface area (Å²) in [4.78, 5) is 11.5. The lowest BCUT2D eigenvalue weighted by Crippen LogP contribution is -2.42. The van der Waals surface area contributed by atoms with E-state index in [1.807, 2.05) is 26.0 Å². The third kappa shape index (κ3) is 4.08. The summed E-state index contributed by atoms with van der Waals surface area (Å²) in [5, 5.41) is 9.65. The SMILES string of the molecule is Cc1cc(C)c(/C=C/C2OC(=O)CC(O)C2F)c(-c2ccc(F)c(C)c2)c1. The van der Waals surface area contributed by atoms with Crippen molar-refractivity contribution in [2.45, 2.75) is 45.6 Å². The molecule has 1 heterocycles. The van der Waals surface area contributed by atoms with Gasteiger partial charge in [-0.15, -0.1) is 0 Å². The van der Waals surface area contributed by atoms with Crippen molar-refractivity contribution in [3.05, 3.63) is 64.5 Å². The Kier molecular flexibility index (Phi) is 5.42. The normalized spacial score (nSPS) is 22.9. The van der Waals surface area contributed by atoms with Crippen LogP contribution in [-0.2, 0) is 9.53 Å². The molecule has 0 aromatic heterocycles. The fourth-order valence-corrected chi connectivity index (χ4v) is 3.35. The molecular formula is C22H22F2O3. The molecule has 3 rings (SSSR count). The molecule has 1 N–H and O–H groups in total. The number of rotatable bonds is 3. The van der Waals surface area contributed by atoms with Gasteiger partial charge in [-0.1, -0.05) is 29.8 Å². The number of alkyl halides is 1. The highest BCUT2D eigenvalue weighted by atomic mass is 19.1. The van der Waals surface area contributed by atoms with Gasteiger partial charge in [-0.25, -0.2) is 8.78 Å². The Morgan fingerprint density at radius 1 is 1.15 bits per heavy atom. The lowest BCUT2D eigenvalue weighted by molar-refractivity contribution is -0.164. The van der Waals surface area contributed by atoms with Crippen molar-refractivity contribution in [3.63, 3.8) is 0 Å². The van der Waals surface area contributed by atoms with Gasteiger partial charge >= 0.3 is 5.97 Å². The Balaban J connectivity index is 2.02. The number of esters is 1. The third-order valence-electron chi connectivity index (χ3n) is 4.78. The van der Waals surface area contributed by atoms with Gasteiger partial charge in [0, 0.05) is 0 Å². The molecule has 0 amide bonds. The number of benzene rings is 2. The van der Waals surface area contributed by atoms with Gasteiger partial charge < -0.3 is 9.84 Å². The van der Waals surface area contributed by atoms with Gasteiger partial charge in [0.15, 0.2) is 12.3 Å². The number of carbonyl (C=O) groups excluding carboxylic acids is 1. The standard InChI is InChI=1S/C22H22F2O3/c1-12-8-13(2)16(5-7-20-22(24)19(25)11-21(26)27-20)17(9-12)15-4-6-18(23)14(3)10-15/h4-10,19-20,22,25H,11H2,1-3H3/b7-5+. The lowest BCUT2D eigenvalue weighted by atomic mass is 9.92. The van der Waals surface area contributed by atoms with Gasteiger partial charge in [0.2, 0.25) is 0 Å². The van der Waals surface area contributed by atoms with E-state index < -0.39 is 24.3 Å². The Morgan fingerprint density at radius 3 is 2.59 bits per heavy atom. The van der Waals surface area contributed by atoms with Crippen LogP contribution in [0, 0.1) is 26.6 Å². The van der Waals surface area contributed by atoms with E-state index in [9.17, 15) is 18.7 Å². The number of cyclic esters (lactones) is 1. The first-order chi connectivity index (χ1) is 12.8. The average Bonchev–Trinajstić information content (AvgIpc) is 2.60. The lowest BCUT2D eigenvalue weighted by Gasteiger charge is -2.27. The minimum atomic E-state index is -1.67. The summed E-state index contributed by atoms with van der Waals surface area (Å²) in [5.41, 5.74) is 5.10. The van der Waals surface area contributed by atoms with E-state index in [0.29, 0.717) is 5.56 Å². The van der Waals surface area contributed by atoms with Crippen LogP contribution < -0.4 is 0 Å². The maximum Gasteiger partial charge on any atom is 0.309 e. The largest absolute Gasteiger partial charge is 0.455 e. The number of halogens is 2. The topological polar surface area (TPSA) is 46.5 Å². The number of aryl methyl sites for hydroxylation is 3. The fraction of sp³-hybridized carbons (Fsp3) is 0.318. The van der Waals surface area contributed by atoms with Gasteiger partial charge in [-0.05, 0) is 66.8 Å². The molecule has 0 saturated carbocycles. The first-order valence-electron chi connectivity index (χ1n) is 8.84. The van der Waals surface area contributed by atoms with Crippen molar-refractivity contribution in [1.29, 1.82) is 0 Å². The van der Waals surface area contributed by atoms with Crippen LogP contribution in [0.5, 0.6) is 0 Å². The summed E-state index contributed by atoms with van der Waals surface area (Å²) in [6, 6.07) is 8.87. The van der Waals surface area contributed by atoms with Gasteiger partial charge in [0.05, 0.1) is 12.5 Å². The van der Waals surface area contributed by atoms with Crippen LogP contribution in [0.2, 0.25) is 0 Å². The molecule has 0 spiro atoms. The van der Waals surface area contributed by atoms with Crippen molar-refractivity contribution in [1.82, 2.24) is 0 Å². The van der Waals surface area contributed by atoms with Crippen LogP contribution >= 0.6 is 0 Å². The third-order valence-corrected chi connectivity index (χ3v) is 4.78. The van der Waals surface area contributed by atoms with Crippen molar-refractivity contribution in [3.8, 4) is 11.1 Å². The number of hydrogen-bond donors (Lipinski definition) is 1. The monoisotopic (exact) mass is 372 g/mol. The smallest absolute Gasteiger partial charge is 0.309 e. The number of aliphatic hydroxyl groups is 1.